The Kier molecular flexibility index (Phi) is 8.39. The molecule has 1 aromatic heterocycles. The molecular formula is C21H26F2N2O3S. The van der Waals surface area contributed by atoms with E-state index in [9.17, 15) is 13.6 Å². The number of nitrogens with one attached hydrogen (secondary N) is 1. The number of thiophene rings is 1. The van der Waals surface area contributed by atoms with Gasteiger partial charge in [-0.2, -0.15) is 8.78 Å². The van der Waals surface area contributed by atoms with Crippen molar-refractivity contribution < 1.29 is 23.0 Å². The average molecular weight is 425 g/mol. The van der Waals surface area contributed by atoms with Gasteiger partial charge in [-0.1, -0.05) is 18.2 Å². The smallest absolute Gasteiger partial charge is 0.387 e. The van der Waals surface area contributed by atoms with Gasteiger partial charge < -0.3 is 14.8 Å². The highest BCUT2D eigenvalue weighted by Crippen LogP contribution is 2.17. The molecule has 0 bridgehead atoms. The maximum Gasteiger partial charge on any atom is 0.387 e. The number of carbonyl (C=O) groups is 1. The third-order valence-electron chi connectivity index (χ3n) is 4.70. The third kappa shape index (κ3) is 7.72. The number of hydrogen-bond acceptors (Lipinski definition) is 5. The summed E-state index contributed by atoms with van der Waals surface area (Å²) < 4.78 is 34.4. The van der Waals surface area contributed by atoms with Crippen molar-refractivity contribution in [2.75, 3.05) is 26.2 Å². The van der Waals surface area contributed by atoms with Crippen LogP contribution < -0.4 is 10.1 Å². The first-order valence-corrected chi connectivity index (χ1v) is 10.6. The minimum atomic E-state index is -2.83. The van der Waals surface area contributed by atoms with E-state index in [0.717, 1.165) is 38.1 Å². The molecule has 1 saturated heterocycles. The average Bonchev–Trinajstić information content (AvgIpc) is 3.37. The first-order chi connectivity index (χ1) is 14.1. The van der Waals surface area contributed by atoms with Gasteiger partial charge in [0, 0.05) is 31.1 Å². The minimum Gasteiger partial charge on any atom is -0.435 e. The molecule has 1 amide bonds. The summed E-state index contributed by atoms with van der Waals surface area (Å²) in [5, 5.41) is 4.98. The zero-order valence-electron chi connectivity index (χ0n) is 16.2. The Labute approximate surface area is 173 Å². The number of halogens is 2. The molecular weight excluding hydrogens is 398 g/mol. The summed E-state index contributed by atoms with van der Waals surface area (Å²) in [6.45, 7) is 0.254. The van der Waals surface area contributed by atoms with Crippen molar-refractivity contribution in [1.29, 1.82) is 0 Å². The summed E-state index contributed by atoms with van der Waals surface area (Å²) >= 11 is 1.68. The van der Waals surface area contributed by atoms with Crippen molar-refractivity contribution in [3.8, 4) is 5.75 Å². The van der Waals surface area contributed by atoms with Crippen molar-refractivity contribution in [1.82, 2.24) is 10.2 Å². The molecule has 0 aliphatic carbocycles. The summed E-state index contributed by atoms with van der Waals surface area (Å²) in [7, 11) is 0. The van der Waals surface area contributed by atoms with Crippen LogP contribution >= 0.6 is 11.3 Å². The molecule has 2 heterocycles. The number of ether oxygens (including phenoxy) is 2. The molecule has 5 nitrogen and oxygen atoms in total. The normalized spacial score (nSPS) is 16.5. The Bertz CT molecular complexity index is 735. The number of amides is 1. The highest BCUT2D eigenvalue weighted by Gasteiger charge is 2.21. The fourth-order valence-electron chi connectivity index (χ4n) is 3.33. The quantitative estimate of drug-likeness (QED) is 0.598. The monoisotopic (exact) mass is 424 g/mol. The Morgan fingerprint density at radius 1 is 1.31 bits per heavy atom. The second-order valence-electron chi connectivity index (χ2n) is 7.01. The first-order valence-electron chi connectivity index (χ1n) is 9.75. The standard InChI is InChI=1S/C21H26F2N2O3S/c22-21(23)28-17-7-5-16(6-8-17)9-10-24-20(26)15-25(13-18-3-1-11-27-18)14-19-4-2-12-29-19/h2,4-8,12,18,21H,1,3,9-11,13-15H2,(H,24,26)/t18-/m1/s1. The van der Waals surface area contributed by atoms with E-state index in [-0.39, 0.29) is 17.8 Å². The molecule has 158 valence electrons. The SMILES string of the molecule is O=C(CN(Cc1cccs1)C[C@H]1CCCO1)NCCc1ccc(OC(F)F)cc1. The van der Waals surface area contributed by atoms with Gasteiger partial charge in [0.2, 0.25) is 5.91 Å². The minimum absolute atomic E-state index is 0.0304. The molecule has 1 N–H and O–H groups in total. The topological polar surface area (TPSA) is 50.8 Å². The predicted octanol–water partition coefficient (Wildman–Crippen LogP) is 3.69. The van der Waals surface area contributed by atoms with Crippen LogP contribution in [0.1, 0.15) is 23.3 Å². The number of nitrogens with zero attached hydrogens (tertiary/aromatic N) is 1. The highest BCUT2D eigenvalue weighted by atomic mass is 32.1. The van der Waals surface area contributed by atoms with Gasteiger partial charge in [-0.15, -0.1) is 11.3 Å². The summed E-state index contributed by atoms with van der Waals surface area (Å²) in [6, 6.07) is 10.6. The van der Waals surface area contributed by atoms with Gasteiger partial charge in [0.15, 0.2) is 0 Å². The van der Waals surface area contributed by atoms with Gasteiger partial charge in [-0.25, -0.2) is 0 Å². The van der Waals surface area contributed by atoms with Crippen molar-refractivity contribution in [2.24, 2.45) is 0 Å². The lowest BCUT2D eigenvalue weighted by molar-refractivity contribution is -0.122. The van der Waals surface area contributed by atoms with E-state index in [0.29, 0.717) is 19.5 Å². The third-order valence-corrected chi connectivity index (χ3v) is 5.56. The lowest BCUT2D eigenvalue weighted by Crippen LogP contribution is -2.40. The van der Waals surface area contributed by atoms with Gasteiger partial charge in [-0.05, 0) is 48.4 Å². The Hall–Kier alpha value is -2.03. The lowest BCUT2D eigenvalue weighted by Gasteiger charge is -2.24. The predicted molar refractivity (Wildman–Crippen MR) is 108 cm³/mol. The van der Waals surface area contributed by atoms with Crippen LogP contribution in [0.5, 0.6) is 5.75 Å². The zero-order chi connectivity index (χ0) is 20.5. The van der Waals surface area contributed by atoms with Crippen LogP contribution in [0.3, 0.4) is 0 Å². The molecule has 2 aromatic rings. The molecule has 1 aromatic carbocycles. The zero-order valence-corrected chi connectivity index (χ0v) is 17.0. The molecule has 0 radical (unpaired) electrons. The molecule has 0 saturated carbocycles. The maximum atomic E-state index is 12.4. The van der Waals surface area contributed by atoms with E-state index in [2.05, 4.69) is 21.0 Å². The summed E-state index contributed by atoms with van der Waals surface area (Å²) in [5.41, 5.74) is 0.946. The first kappa shape index (κ1) is 21.7. The van der Waals surface area contributed by atoms with Crippen LogP contribution in [0.25, 0.3) is 0 Å². The Balaban J connectivity index is 1.43. The van der Waals surface area contributed by atoms with E-state index < -0.39 is 6.61 Å². The Morgan fingerprint density at radius 2 is 2.14 bits per heavy atom. The van der Waals surface area contributed by atoms with Crippen molar-refractivity contribution in [2.45, 2.75) is 38.5 Å². The summed E-state index contributed by atoms with van der Waals surface area (Å²) in [4.78, 5) is 15.8. The number of rotatable bonds is 11. The van der Waals surface area contributed by atoms with Crippen LogP contribution in [0.15, 0.2) is 41.8 Å². The molecule has 0 unspecified atom stereocenters. The van der Waals surface area contributed by atoms with E-state index in [1.165, 1.54) is 17.0 Å². The number of carbonyl (C=O) groups excluding carboxylic acids is 1. The largest absolute Gasteiger partial charge is 0.435 e. The molecule has 1 aliphatic rings. The number of hydrogen-bond donors (Lipinski definition) is 1. The van der Waals surface area contributed by atoms with Crippen molar-refractivity contribution in [3.05, 3.63) is 52.2 Å². The molecule has 1 aliphatic heterocycles. The van der Waals surface area contributed by atoms with Crippen molar-refractivity contribution in [3.63, 3.8) is 0 Å². The van der Waals surface area contributed by atoms with E-state index in [4.69, 9.17) is 4.74 Å². The van der Waals surface area contributed by atoms with Crippen molar-refractivity contribution >= 4 is 17.2 Å². The molecule has 29 heavy (non-hydrogen) atoms. The molecule has 8 heteroatoms. The number of benzene rings is 1. The van der Waals surface area contributed by atoms with Crippen LogP contribution in [0, 0.1) is 0 Å². The van der Waals surface area contributed by atoms with Crippen LogP contribution in [0.2, 0.25) is 0 Å². The van der Waals surface area contributed by atoms with E-state index in [1.807, 2.05) is 11.4 Å². The van der Waals surface area contributed by atoms with E-state index >= 15 is 0 Å². The Morgan fingerprint density at radius 3 is 2.79 bits per heavy atom. The van der Waals surface area contributed by atoms with Gasteiger partial charge in [0.25, 0.3) is 0 Å². The molecule has 1 atom stereocenters. The second-order valence-corrected chi connectivity index (χ2v) is 8.04. The van der Waals surface area contributed by atoms with Crippen LogP contribution in [-0.2, 0) is 22.5 Å². The van der Waals surface area contributed by atoms with Crippen LogP contribution in [-0.4, -0.2) is 49.8 Å². The fraction of sp³-hybridized carbons (Fsp3) is 0.476. The van der Waals surface area contributed by atoms with Crippen LogP contribution in [0.4, 0.5) is 8.78 Å². The van der Waals surface area contributed by atoms with Gasteiger partial charge >= 0.3 is 6.61 Å². The van der Waals surface area contributed by atoms with Gasteiger partial charge in [0.05, 0.1) is 12.6 Å². The molecule has 0 spiro atoms. The van der Waals surface area contributed by atoms with Gasteiger partial charge in [-0.3, -0.25) is 9.69 Å². The lowest BCUT2D eigenvalue weighted by atomic mass is 10.1. The number of alkyl halides is 2. The van der Waals surface area contributed by atoms with Gasteiger partial charge in [0.1, 0.15) is 5.75 Å². The van der Waals surface area contributed by atoms with E-state index in [1.54, 1.807) is 23.5 Å². The molecule has 3 rings (SSSR count). The fourth-order valence-corrected chi connectivity index (χ4v) is 4.07. The second kappa shape index (κ2) is 11.2. The summed E-state index contributed by atoms with van der Waals surface area (Å²) in [5.74, 6) is 0.100. The molecule has 1 fully saturated rings. The maximum absolute atomic E-state index is 12.4. The highest BCUT2D eigenvalue weighted by molar-refractivity contribution is 7.09. The summed E-state index contributed by atoms with van der Waals surface area (Å²) in [6.07, 6.45) is 2.92.